The number of halogens is 1. The van der Waals surface area contributed by atoms with Crippen molar-refractivity contribution in [1.82, 2.24) is 24.8 Å². The van der Waals surface area contributed by atoms with Crippen LogP contribution in [0.1, 0.15) is 23.4 Å². The van der Waals surface area contributed by atoms with Gasteiger partial charge in [-0.05, 0) is 29.3 Å². The Balaban J connectivity index is 1.49. The molecule has 29 heavy (non-hydrogen) atoms. The zero-order valence-electron chi connectivity index (χ0n) is 15.5. The molecule has 2 aromatic carbocycles. The summed E-state index contributed by atoms with van der Waals surface area (Å²) < 4.78 is 16.5. The van der Waals surface area contributed by atoms with Gasteiger partial charge in [0, 0.05) is 29.4 Å². The van der Waals surface area contributed by atoms with Gasteiger partial charge in [0.2, 0.25) is 4.96 Å². The maximum Gasteiger partial charge on any atom is 0.234 e. The Hall–Kier alpha value is -3.45. The summed E-state index contributed by atoms with van der Waals surface area (Å²) in [6, 6.07) is 18.7. The number of hydrogen-bond donors (Lipinski definition) is 0. The Morgan fingerprint density at radius 1 is 0.931 bits per heavy atom. The first kappa shape index (κ1) is 17.6. The van der Waals surface area contributed by atoms with E-state index in [1.165, 1.54) is 11.3 Å². The number of rotatable bonds is 4. The Bertz CT molecular complexity index is 1280. The summed E-state index contributed by atoms with van der Waals surface area (Å²) in [5.41, 5.74) is 3.23. The summed E-state index contributed by atoms with van der Waals surface area (Å²) in [6.07, 6.45) is 3.42. The van der Waals surface area contributed by atoms with Gasteiger partial charge in [0.15, 0.2) is 5.82 Å². The van der Waals surface area contributed by atoms with E-state index in [0.29, 0.717) is 16.3 Å². The Labute approximate surface area is 170 Å². The summed E-state index contributed by atoms with van der Waals surface area (Å²) in [4.78, 5) is 4.74. The van der Waals surface area contributed by atoms with Crippen molar-refractivity contribution in [1.29, 1.82) is 0 Å². The molecule has 0 aliphatic rings. The molecule has 0 N–H and O–H groups in total. The van der Waals surface area contributed by atoms with Gasteiger partial charge in [-0.2, -0.15) is 9.61 Å². The standard InChI is InChI=1S/C22H16FN5S/c1-14(17-7-8-18(19(23)13-17)15-5-3-2-4-6-15)21-27-28-20(25-26-22(28)29-21)16-9-11-24-12-10-16/h2-14H,1H3/t14-/m0/s1. The van der Waals surface area contributed by atoms with E-state index in [1.807, 2.05) is 61.5 Å². The van der Waals surface area contributed by atoms with Crippen LogP contribution in [0.15, 0.2) is 73.1 Å². The fourth-order valence-electron chi connectivity index (χ4n) is 3.28. The lowest BCUT2D eigenvalue weighted by Gasteiger charge is -2.11. The minimum Gasteiger partial charge on any atom is -0.265 e. The van der Waals surface area contributed by atoms with Crippen molar-refractivity contribution in [2.45, 2.75) is 12.8 Å². The van der Waals surface area contributed by atoms with Crippen molar-refractivity contribution < 1.29 is 4.39 Å². The highest BCUT2D eigenvalue weighted by atomic mass is 32.1. The highest BCUT2D eigenvalue weighted by molar-refractivity contribution is 7.16. The van der Waals surface area contributed by atoms with Gasteiger partial charge in [-0.25, -0.2) is 4.39 Å². The van der Waals surface area contributed by atoms with Crippen LogP contribution in [0.25, 0.3) is 27.5 Å². The van der Waals surface area contributed by atoms with E-state index in [1.54, 1.807) is 23.0 Å². The van der Waals surface area contributed by atoms with Crippen molar-refractivity contribution in [2.75, 3.05) is 0 Å². The molecule has 0 unspecified atom stereocenters. The second-order valence-corrected chi connectivity index (χ2v) is 7.71. The minimum absolute atomic E-state index is 0.0636. The average molecular weight is 401 g/mol. The molecule has 1 atom stereocenters. The van der Waals surface area contributed by atoms with Crippen molar-refractivity contribution in [3.63, 3.8) is 0 Å². The van der Waals surface area contributed by atoms with E-state index in [0.717, 1.165) is 21.7 Å². The maximum absolute atomic E-state index is 14.8. The number of aromatic nitrogens is 5. The van der Waals surface area contributed by atoms with Crippen molar-refractivity contribution in [3.05, 3.63) is 89.4 Å². The van der Waals surface area contributed by atoms with E-state index in [9.17, 15) is 4.39 Å². The van der Waals surface area contributed by atoms with Crippen LogP contribution in [0.2, 0.25) is 0 Å². The Morgan fingerprint density at radius 3 is 2.48 bits per heavy atom. The van der Waals surface area contributed by atoms with E-state index in [-0.39, 0.29) is 11.7 Å². The molecule has 0 fully saturated rings. The van der Waals surface area contributed by atoms with Crippen LogP contribution in [-0.2, 0) is 0 Å². The molecule has 0 radical (unpaired) electrons. The summed E-state index contributed by atoms with van der Waals surface area (Å²) in [6.45, 7) is 2.02. The monoisotopic (exact) mass is 401 g/mol. The van der Waals surface area contributed by atoms with E-state index >= 15 is 0 Å². The van der Waals surface area contributed by atoms with Crippen LogP contribution >= 0.6 is 11.3 Å². The predicted octanol–water partition coefficient (Wildman–Crippen LogP) is 5.21. The highest BCUT2D eigenvalue weighted by Gasteiger charge is 2.19. The molecule has 142 valence electrons. The van der Waals surface area contributed by atoms with Crippen molar-refractivity contribution in [3.8, 4) is 22.5 Å². The molecule has 5 nitrogen and oxygen atoms in total. The molecule has 3 heterocycles. The maximum atomic E-state index is 14.8. The zero-order valence-corrected chi connectivity index (χ0v) is 16.3. The lowest BCUT2D eigenvalue weighted by atomic mass is 9.97. The van der Waals surface area contributed by atoms with Gasteiger partial charge in [-0.3, -0.25) is 4.98 Å². The highest BCUT2D eigenvalue weighted by Crippen LogP contribution is 2.32. The van der Waals surface area contributed by atoms with E-state index in [4.69, 9.17) is 5.10 Å². The van der Waals surface area contributed by atoms with Crippen LogP contribution in [0.4, 0.5) is 4.39 Å². The number of fused-ring (bicyclic) bond motifs is 1. The summed E-state index contributed by atoms with van der Waals surface area (Å²) in [5.74, 6) is 0.370. The zero-order chi connectivity index (χ0) is 19.8. The lowest BCUT2D eigenvalue weighted by Crippen LogP contribution is -1.99. The van der Waals surface area contributed by atoms with Gasteiger partial charge in [-0.15, -0.1) is 10.2 Å². The number of benzene rings is 2. The smallest absolute Gasteiger partial charge is 0.234 e. The third kappa shape index (κ3) is 3.19. The molecule has 0 saturated carbocycles. The van der Waals surface area contributed by atoms with Crippen molar-refractivity contribution in [2.24, 2.45) is 0 Å². The molecule has 5 rings (SSSR count). The van der Waals surface area contributed by atoms with Crippen LogP contribution in [-0.4, -0.2) is 24.8 Å². The summed E-state index contributed by atoms with van der Waals surface area (Å²) >= 11 is 1.46. The number of pyridine rings is 1. The molecular formula is C22H16FN5S. The Kier molecular flexibility index (Phi) is 4.37. The van der Waals surface area contributed by atoms with Gasteiger partial charge in [0.1, 0.15) is 10.8 Å². The molecule has 0 amide bonds. The molecule has 0 aliphatic carbocycles. The molecule has 0 bridgehead atoms. The SMILES string of the molecule is C[C@@H](c1ccc(-c2ccccc2)c(F)c1)c1nn2c(-c3ccncc3)nnc2s1. The lowest BCUT2D eigenvalue weighted by molar-refractivity contribution is 0.627. The third-order valence-corrected chi connectivity index (χ3v) is 5.97. The molecular weight excluding hydrogens is 385 g/mol. The van der Waals surface area contributed by atoms with E-state index < -0.39 is 0 Å². The second-order valence-electron chi connectivity index (χ2n) is 6.72. The van der Waals surface area contributed by atoms with Gasteiger partial charge < -0.3 is 0 Å². The van der Waals surface area contributed by atoms with Crippen LogP contribution < -0.4 is 0 Å². The van der Waals surface area contributed by atoms with Gasteiger partial charge in [0.05, 0.1) is 0 Å². The number of hydrogen-bond acceptors (Lipinski definition) is 5. The quantitative estimate of drug-likeness (QED) is 0.415. The second kappa shape index (κ2) is 7.18. The number of nitrogens with zero attached hydrogens (tertiary/aromatic N) is 5. The topological polar surface area (TPSA) is 56.0 Å². The molecule has 5 aromatic rings. The summed E-state index contributed by atoms with van der Waals surface area (Å²) in [5, 5.41) is 14.0. The van der Waals surface area contributed by atoms with Crippen LogP contribution in [0.3, 0.4) is 0 Å². The fraction of sp³-hybridized carbons (Fsp3) is 0.0909. The fourth-order valence-corrected chi connectivity index (χ4v) is 4.20. The first-order chi connectivity index (χ1) is 14.2. The van der Waals surface area contributed by atoms with Crippen molar-refractivity contribution >= 4 is 16.3 Å². The first-order valence-corrected chi connectivity index (χ1v) is 10.00. The molecule has 7 heteroatoms. The molecule has 0 saturated heterocycles. The molecule has 0 spiro atoms. The summed E-state index contributed by atoms with van der Waals surface area (Å²) in [7, 11) is 0. The predicted molar refractivity (Wildman–Crippen MR) is 111 cm³/mol. The Morgan fingerprint density at radius 2 is 1.72 bits per heavy atom. The first-order valence-electron chi connectivity index (χ1n) is 9.18. The minimum atomic E-state index is -0.235. The molecule has 3 aromatic heterocycles. The largest absolute Gasteiger partial charge is 0.265 e. The van der Waals surface area contributed by atoms with Gasteiger partial charge in [0.25, 0.3) is 0 Å². The molecule has 0 aliphatic heterocycles. The third-order valence-electron chi connectivity index (χ3n) is 4.89. The average Bonchev–Trinajstić information content (AvgIpc) is 3.35. The van der Waals surface area contributed by atoms with Gasteiger partial charge >= 0.3 is 0 Å². The normalized spacial score (nSPS) is 12.3. The van der Waals surface area contributed by atoms with Crippen LogP contribution in [0, 0.1) is 5.82 Å². The van der Waals surface area contributed by atoms with Crippen LogP contribution in [0.5, 0.6) is 0 Å². The van der Waals surface area contributed by atoms with Gasteiger partial charge in [-0.1, -0.05) is 60.7 Å². The van der Waals surface area contributed by atoms with E-state index in [2.05, 4.69) is 15.2 Å².